The normalized spacial score (nSPS) is 12.7. The van der Waals surface area contributed by atoms with Crippen molar-refractivity contribution >= 4 is 22.4 Å². The van der Waals surface area contributed by atoms with E-state index in [2.05, 4.69) is 18.2 Å². The summed E-state index contributed by atoms with van der Waals surface area (Å²) < 4.78 is 5.64. The zero-order valence-electron chi connectivity index (χ0n) is 8.61. The van der Waals surface area contributed by atoms with E-state index in [-0.39, 0.29) is 6.10 Å². The SMILES string of the molecule is CC(CCl)Oc1ccc2ccccc2c1. The predicted molar refractivity (Wildman–Crippen MR) is 64.8 cm³/mol. The van der Waals surface area contributed by atoms with Gasteiger partial charge in [0.15, 0.2) is 0 Å². The van der Waals surface area contributed by atoms with E-state index in [1.807, 2.05) is 31.2 Å². The number of hydrogen-bond donors (Lipinski definition) is 0. The average molecular weight is 221 g/mol. The van der Waals surface area contributed by atoms with Crippen molar-refractivity contribution in [2.75, 3.05) is 5.88 Å². The third-order valence-corrected chi connectivity index (χ3v) is 2.71. The fourth-order valence-electron chi connectivity index (χ4n) is 1.50. The summed E-state index contributed by atoms with van der Waals surface area (Å²) in [6.07, 6.45) is 0.0489. The van der Waals surface area contributed by atoms with E-state index in [1.165, 1.54) is 10.8 Å². The van der Waals surface area contributed by atoms with Crippen LogP contribution in [-0.2, 0) is 0 Å². The largest absolute Gasteiger partial charge is 0.489 e. The Morgan fingerprint density at radius 2 is 1.87 bits per heavy atom. The topological polar surface area (TPSA) is 9.23 Å². The monoisotopic (exact) mass is 220 g/mol. The molecular formula is C13H13ClO. The molecule has 2 aromatic rings. The van der Waals surface area contributed by atoms with Crippen molar-refractivity contribution in [2.45, 2.75) is 13.0 Å². The van der Waals surface area contributed by atoms with Gasteiger partial charge in [-0.3, -0.25) is 0 Å². The number of halogens is 1. The van der Waals surface area contributed by atoms with Crippen molar-refractivity contribution in [3.63, 3.8) is 0 Å². The highest BCUT2D eigenvalue weighted by atomic mass is 35.5. The fourth-order valence-corrected chi connectivity index (χ4v) is 1.57. The molecule has 0 aliphatic heterocycles. The molecule has 0 aliphatic carbocycles. The van der Waals surface area contributed by atoms with Gasteiger partial charge in [0, 0.05) is 0 Å². The second-order valence-corrected chi connectivity index (χ2v) is 3.90. The molecule has 0 saturated carbocycles. The van der Waals surface area contributed by atoms with Gasteiger partial charge >= 0.3 is 0 Å². The van der Waals surface area contributed by atoms with E-state index in [1.54, 1.807) is 0 Å². The smallest absolute Gasteiger partial charge is 0.120 e. The van der Waals surface area contributed by atoms with E-state index in [9.17, 15) is 0 Å². The molecule has 2 heteroatoms. The molecule has 0 radical (unpaired) electrons. The van der Waals surface area contributed by atoms with Crippen molar-refractivity contribution < 1.29 is 4.74 Å². The molecule has 78 valence electrons. The molecule has 0 spiro atoms. The maximum Gasteiger partial charge on any atom is 0.120 e. The van der Waals surface area contributed by atoms with Crippen molar-refractivity contribution in [3.05, 3.63) is 42.5 Å². The highest BCUT2D eigenvalue weighted by Crippen LogP contribution is 2.21. The summed E-state index contributed by atoms with van der Waals surface area (Å²) in [5.41, 5.74) is 0. The van der Waals surface area contributed by atoms with E-state index >= 15 is 0 Å². The van der Waals surface area contributed by atoms with Crippen LogP contribution in [0.5, 0.6) is 5.75 Å². The third kappa shape index (κ3) is 2.42. The quantitative estimate of drug-likeness (QED) is 0.714. The lowest BCUT2D eigenvalue weighted by Gasteiger charge is -2.11. The molecule has 0 N–H and O–H groups in total. The van der Waals surface area contributed by atoms with Crippen molar-refractivity contribution in [2.24, 2.45) is 0 Å². The fraction of sp³-hybridized carbons (Fsp3) is 0.231. The van der Waals surface area contributed by atoms with Crippen LogP contribution < -0.4 is 4.74 Å². The molecule has 0 bridgehead atoms. The van der Waals surface area contributed by atoms with Crippen LogP contribution in [0.1, 0.15) is 6.92 Å². The first-order valence-corrected chi connectivity index (χ1v) is 5.54. The van der Waals surface area contributed by atoms with Gasteiger partial charge in [0.25, 0.3) is 0 Å². The van der Waals surface area contributed by atoms with Crippen LogP contribution >= 0.6 is 11.6 Å². The number of benzene rings is 2. The number of rotatable bonds is 3. The molecule has 0 amide bonds. The number of ether oxygens (including phenoxy) is 1. The summed E-state index contributed by atoms with van der Waals surface area (Å²) >= 11 is 5.70. The first-order valence-electron chi connectivity index (χ1n) is 5.01. The van der Waals surface area contributed by atoms with E-state index in [4.69, 9.17) is 16.3 Å². The van der Waals surface area contributed by atoms with Crippen LogP contribution in [0.25, 0.3) is 10.8 Å². The molecule has 0 heterocycles. The second kappa shape index (κ2) is 4.54. The van der Waals surface area contributed by atoms with Gasteiger partial charge < -0.3 is 4.74 Å². The summed E-state index contributed by atoms with van der Waals surface area (Å²) in [5.74, 6) is 1.38. The van der Waals surface area contributed by atoms with Crippen LogP contribution in [0.2, 0.25) is 0 Å². The lowest BCUT2D eigenvalue weighted by atomic mass is 10.1. The summed E-state index contributed by atoms with van der Waals surface area (Å²) in [5, 5.41) is 2.42. The van der Waals surface area contributed by atoms with Gasteiger partial charge in [-0.2, -0.15) is 0 Å². The van der Waals surface area contributed by atoms with Gasteiger partial charge in [-0.05, 0) is 29.8 Å². The van der Waals surface area contributed by atoms with Gasteiger partial charge in [0.2, 0.25) is 0 Å². The minimum atomic E-state index is 0.0489. The Kier molecular flexibility index (Phi) is 3.12. The Hall–Kier alpha value is -1.21. The zero-order chi connectivity index (χ0) is 10.7. The molecule has 1 nitrogen and oxygen atoms in total. The van der Waals surface area contributed by atoms with Crippen molar-refractivity contribution in [1.82, 2.24) is 0 Å². The van der Waals surface area contributed by atoms with Crippen LogP contribution in [0.4, 0.5) is 0 Å². The maximum absolute atomic E-state index is 5.70. The van der Waals surface area contributed by atoms with Crippen LogP contribution in [0.3, 0.4) is 0 Å². The minimum absolute atomic E-state index is 0.0489. The molecule has 0 fully saturated rings. The molecule has 0 saturated heterocycles. The van der Waals surface area contributed by atoms with Gasteiger partial charge in [-0.25, -0.2) is 0 Å². The minimum Gasteiger partial charge on any atom is -0.489 e. The number of hydrogen-bond acceptors (Lipinski definition) is 1. The Labute approximate surface area is 94.6 Å². The molecular weight excluding hydrogens is 208 g/mol. The highest BCUT2D eigenvalue weighted by Gasteiger charge is 2.02. The molecule has 2 rings (SSSR count). The summed E-state index contributed by atoms with van der Waals surface area (Å²) in [7, 11) is 0. The van der Waals surface area contributed by atoms with Crippen molar-refractivity contribution in [3.8, 4) is 5.75 Å². The van der Waals surface area contributed by atoms with Crippen LogP contribution in [-0.4, -0.2) is 12.0 Å². The molecule has 2 aromatic carbocycles. The molecule has 1 unspecified atom stereocenters. The Bertz CT molecular complexity index is 453. The summed E-state index contributed by atoms with van der Waals surface area (Å²) in [6.45, 7) is 1.96. The predicted octanol–water partition coefficient (Wildman–Crippen LogP) is 3.85. The van der Waals surface area contributed by atoms with Gasteiger partial charge in [-0.15, -0.1) is 11.6 Å². The third-order valence-electron chi connectivity index (χ3n) is 2.28. The molecule has 0 aliphatic rings. The van der Waals surface area contributed by atoms with Crippen molar-refractivity contribution in [1.29, 1.82) is 0 Å². The first-order chi connectivity index (χ1) is 7.29. The molecule has 15 heavy (non-hydrogen) atoms. The van der Waals surface area contributed by atoms with Gasteiger partial charge in [-0.1, -0.05) is 30.3 Å². The Morgan fingerprint density at radius 1 is 1.13 bits per heavy atom. The standard InChI is InChI=1S/C13H13ClO/c1-10(9-14)15-13-7-6-11-4-2-3-5-12(11)8-13/h2-8,10H,9H2,1H3. The Morgan fingerprint density at radius 3 is 2.60 bits per heavy atom. The second-order valence-electron chi connectivity index (χ2n) is 3.59. The Balaban J connectivity index is 2.30. The average Bonchev–Trinajstić information content (AvgIpc) is 2.29. The maximum atomic E-state index is 5.70. The summed E-state index contributed by atoms with van der Waals surface area (Å²) in [4.78, 5) is 0. The number of fused-ring (bicyclic) bond motifs is 1. The highest BCUT2D eigenvalue weighted by molar-refractivity contribution is 6.18. The van der Waals surface area contributed by atoms with Crippen LogP contribution in [0, 0.1) is 0 Å². The lowest BCUT2D eigenvalue weighted by Crippen LogP contribution is -2.12. The molecule has 0 aromatic heterocycles. The first kappa shape index (κ1) is 10.3. The summed E-state index contributed by atoms with van der Waals surface area (Å²) in [6, 6.07) is 14.3. The van der Waals surface area contributed by atoms with Gasteiger partial charge in [0.1, 0.15) is 11.9 Å². The zero-order valence-corrected chi connectivity index (χ0v) is 9.37. The number of alkyl halides is 1. The lowest BCUT2D eigenvalue weighted by molar-refractivity contribution is 0.246. The van der Waals surface area contributed by atoms with Crippen LogP contribution in [0.15, 0.2) is 42.5 Å². The van der Waals surface area contributed by atoms with E-state index < -0.39 is 0 Å². The van der Waals surface area contributed by atoms with Gasteiger partial charge in [0.05, 0.1) is 5.88 Å². The molecule has 1 atom stereocenters. The van der Waals surface area contributed by atoms with E-state index in [0.29, 0.717) is 5.88 Å². The van der Waals surface area contributed by atoms with E-state index in [0.717, 1.165) is 5.75 Å².